The SMILES string of the molecule is COCCCNC(=O)CSc1nc2sccc2c(=O)n1C. The van der Waals surface area contributed by atoms with Crippen molar-refractivity contribution in [2.24, 2.45) is 7.05 Å². The third kappa shape index (κ3) is 4.05. The molecule has 1 amide bonds. The number of nitrogens with zero attached hydrogens (tertiary/aromatic N) is 2. The molecule has 0 fully saturated rings. The van der Waals surface area contributed by atoms with Crippen LogP contribution in [0.25, 0.3) is 10.2 Å². The van der Waals surface area contributed by atoms with Gasteiger partial charge in [0.25, 0.3) is 5.56 Å². The van der Waals surface area contributed by atoms with Gasteiger partial charge in [0, 0.05) is 27.3 Å². The highest BCUT2D eigenvalue weighted by molar-refractivity contribution is 7.99. The summed E-state index contributed by atoms with van der Waals surface area (Å²) in [5.74, 6) is 0.168. The lowest BCUT2D eigenvalue weighted by molar-refractivity contribution is -0.118. The Balaban J connectivity index is 1.95. The summed E-state index contributed by atoms with van der Waals surface area (Å²) in [6.45, 7) is 1.21. The summed E-state index contributed by atoms with van der Waals surface area (Å²) < 4.78 is 6.40. The molecule has 21 heavy (non-hydrogen) atoms. The van der Waals surface area contributed by atoms with Gasteiger partial charge in [0.1, 0.15) is 4.83 Å². The van der Waals surface area contributed by atoms with Crippen molar-refractivity contribution in [2.75, 3.05) is 26.0 Å². The molecule has 0 aliphatic heterocycles. The number of aromatic nitrogens is 2. The maximum atomic E-state index is 12.1. The highest BCUT2D eigenvalue weighted by atomic mass is 32.2. The summed E-state index contributed by atoms with van der Waals surface area (Å²) in [5, 5.41) is 5.82. The Morgan fingerprint density at radius 3 is 3.14 bits per heavy atom. The van der Waals surface area contributed by atoms with Crippen LogP contribution in [0.3, 0.4) is 0 Å². The van der Waals surface area contributed by atoms with Gasteiger partial charge in [-0.25, -0.2) is 4.98 Å². The van der Waals surface area contributed by atoms with Gasteiger partial charge in [0.05, 0.1) is 11.1 Å². The first-order chi connectivity index (χ1) is 10.1. The second kappa shape index (κ2) is 7.58. The molecule has 114 valence electrons. The maximum absolute atomic E-state index is 12.1. The van der Waals surface area contributed by atoms with Crippen molar-refractivity contribution in [3.63, 3.8) is 0 Å². The summed E-state index contributed by atoms with van der Waals surface area (Å²) in [5.41, 5.74) is -0.0794. The zero-order valence-electron chi connectivity index (χ0n) is 11.9. The average Bonchev–Trinajstić information content (AvgIpc) is 2.94. The van der Waals surface area contributed by atoms with Crippen LogP contribution in [0.1, 0.15) is 6.42 Å². The van der Waals surface area contributed by atoms with Gasteiger partial charge in [-0.3, -0.25) is 14.2 Å². The van der Waals surface area contributed by atoms with E-state index < -0.39 is 0 Å². The topological polar surface area (TPSA) is 73.2 Å². The number of hydrogen-bond acceptors (Lipinski definition) is 6. The molecule has 8 heteroatoms. The zero-order valence-corrected chi connectivity index (χ0v) is 13.6. The normalized spacial score (nSPS) is 11.0. The smallest absolute Gasteiger partial charge is 0.262 e. The number of fused-ring (bicyclic) bond motifs is 1. The number of thioether (sulfide) groups is 1. The van der Waals surface area contributed by atoms with E-state index in [1.54, 1.807) is 20.2 Å². The van der Waals surface area contributed by atoms with E-state index in [0.717, 1.165) is 6.42 Å². The third-order valence-electron chi connectivity index (χ3n) is 2.84. The Kier molecular flexibility index (Phi) is 5.77. The molecule has 1 N–H and O–H groups in total. The molecule has 0 saturated heterocycles. The molecule has 2 aromatic rings. The number of methoxy groups -OCH3 is 1. The molecule has 0 aromatic carbocycles. The number of ether oxygens (including phenoxy) is 1. The first-order valence-corrected chi connectivity index (χ1v) is 8.32. The zero-order chi connectivity index (χ0) is 15.2. The number of carbonyl (C=O) groups excluding carboxylic acids is 1. The summed E-state index contributed by atoms with van der Waals surface area (Å²) >= 11 is 2.69. The summed E-state index contributed by atoms with van der Waals surface area (Å²) in [4.78, 5) is 28.9. The summed E-state index contributed by atoms with van der Waals surface area (Å²) in [6.07, 6.45) is 0.783. The molecular weight excluding hydrogens is 310 g/mol. The predicted octanol–water partition coefficient (Wildman–Crippen LogP) is 1.24. The van der Waals surface area contributed by atoms with E-state index in [-0.39, 0.29) is 17.2 Å². The van der Waals surface area contributed by atoms with Crippen molar-refractivity contribution < 1.29 is 9.53 Å². The molecule has 0 saturated carbocycles. The van der Waals surface area contributed by atoms with E-state index in [2.05, 4.69) is 10.3 Å². The minimum Gasteiger partial charge on any atom is -0.385 e. The van der Waals surface area contributed by atoms with Gasteiger partial charge in [-0.05, 0) is 17.9 Å². The van der Waals surface area contributed by atoms with Crippen molar-refractivity contribution in [3.05, 3.63) is 21.8 Å². The average molecular weight is 327 g/mol. The van der Waals surface area contributed by atoms with Gasteiger partial charge in [0.2, 0.25) is 5.91 Å². The first-order valence-electron chi connectivity index (χ1n) is 6.46. The van der Waals surface area contributed by atoms with Crippen molar-refractivity contribution >= 4 is 39.2 Å². The van der Waals surface area contributed by atoms with Crippen LogP contribution in [0.4, 0.5) is 0 Å². The molecule has 0 spiro atoms. The highest BCUT2D eigenvalue weighted by Crippen LogP contribution is 2.20. The Labute approximate surface area is 130 Å². The number of rotatable bonds is 7. The van der Waals surface area contributed by atoms with E-state index >= 15 is 0 Å². The first kappa shape index (κ1) is 16.0. The Morgan fingerprint density at radius 2 is 2.38 bits per heavy atom. The fraction of sp³-hybridized carbons (Fsp3) is 0.462. The lowest BCUT2D eigenvalue weighted by Crippen LogP contribution is -2.27. The molecule has 2 rings (SSSR count). The molecule has 0 unspecified atom stereocenters. The van der Waals surface area contributed by atoms with Gasteiger partial charge >= 0.3 is 0 Å². The van der Waals surface area contributed by atoms with Crippen LogP contribution in [0.2, 0.25) is 0 Å². The monoisotopic (exact) mass is 327 g/mol. The third-order valence-corrected chi connectivity index (χ3v) is 4.68. The predicted molar refractivity (Wildman–Crippen MR) is 85.1 cm³/mol. The van der Waals surface area contributed by atoms with Crippen molar-refractivity contribution in [2.45, 2.75) is 11.6 Å². The minimum absolute atomic E-state index is 0.0726. The number of hydrogen-bond donors (Lipinski definition) is 1. The van der Waals surface area contributed by atoms with Crippen molar-refractivity contribution in [1.82, 2.24) is 14.9 Å². The number of amides is 1. The summed E-state index contributed by atoms with van der Waals surface area (Å²) in [6, 6.07) is 1.77. The van der Waals surface area contributed by atoms with Crippen LogP contribution >= 0.6 is 23.1 Å². The summed E-state index contributed by atoms with van der Waals surface area (Å²) in [7, 11) is 3.30. The van der Waals surface area contributed by atoms with Crippen LogP contribution in [0.15, 0.2) is 21.4 Å². The minimum atomic E-state index is -0.0794. The molecule has 2 heterocycles. The Bertz CT molecular complexity index is 681. The molecule has 0 atom stereocenters. The molecule has 0 aliphatic rings. The molecule has 0 radical (unpaired) electrons. The Morgan fingerprint density at radius 1 is 1.57 bits per heavy atom. The van der Waals surface area contributed by atoms with Crippen LogP contribution in [-0.4, -0.2) is 41.5 Å². The second-order valence-electron chi connectivity index (χ2n) is 4.38. The van der Waals surface area contributed by atoms with Gasteiger partial charge in [-0.15, -0.1) is 11.3 Å². The largest absolute Gasteiger partial charge is 0.385 e. The van der Waals surface area contributed by atoms with Crippen molar-refractivity contribution in [3.8, 4) is 0 Å². The molecule has 0 bridgehead atoms. The maximum Gasteiger partial charge on any atom is 0.262 e. The van der Waals surface area contributed by atoms with Gasteiger partial charge < -0.3 is 10.1 Å². The van der Waals surface area contributed by atoms with E-state index in [1.807, 2.05) is 5.38 Å². The lowest BCUT2D eigenvalue weighted by Gasteiger charge is -2.07. The number of carbonyl (C=O) groups is 1. The van der Waals surface area contributed by atoms with Crippen LogP contribution < -0.4 is 10.9 Å². The Hall–Kier alpha value is -1.38. The van der Waals surface area contributed by atoms with Gasteiger partial charge in [-0.1, -0.05) is 11.8 Å². The van der Waals surface area contributed by atoms with Crippen molar-refractivity contribution in [1.29, 1.82) is 0 Å². The lowest BCUT2D eigenvalue weighted by atomic mass is 10.4. The quantitative estimate of drug-likeness (QED) is 0.470. The van der Waals surface area contributed by atoms with Gasteiger partial charge in [0.15, 0.2) is 5.16 Å². The standard InChI is InChI=1S/C13H17N3O3S2/c1-16-12(18)9-4-7-20-11(9)15-13(16)21-8-10(17)14-5-3-6-19-2/h4,7H,3,5-6,8H2,1-2H3,(H,14,17). The van der Waals surface area contributed by atoms with Crippen LogP contribution in [0, 0.1) is 0 Å². The molecule has 0 aliphatic carbocycles. The van der Waals surface area contributed by atoms with Crippen LogP contribution in [0.5, 0.6) is 0 Å². The number of nitrogens with one attached hydrogen (secondary N) is 1. The molecule has 2 aromatic heterocycles. The van der Waals surface area contributed by atoms with E-state index in [1.165, 1.54) is 27.7 Å². The van der Waals surface area contributed by atoms with Crippen LogP contribution in [-0.2, 0) is 16.6 Å². The van der Waals surface area contributed by atoms with E-state index in [0.29, 0.717) is 28.5 Å². The number of thiophene rings is 1. The second-order valence-corrected chi connectivity index (χ2v) is 6.22. The van der Waals surface area contributed by atoms with E-state index in [9.17, 15) is 9.59 Å². The highest BCUT2D eigenvalue weighted by Gasteiger charge is 2.11. The van der Waals surface area contributed by atoms with Gasteiger partial charge in [-0.2, -0.15) is 0 Å². The van der Waals surface area contributed by atoms with E-state index in [4.69, 9.17) is 4.74 Å². The molecule has 6 nitrogen and oxygen atoms in total. The molecular formula is C13H17N3O3S2. The fourth-order valence-corrected chi connectivity index (χ4v) is 3.34. The fourth-order valence-electron chi connectivity index (χ4n) is 1.73.